The van der Waals surface area contributed by atoms with Crippen LogP contribution in [0.25, 0.3) is 0 Å². The topological polar surface area (TPSA) is 41.1 Å². The summed E-state index contributed by atoms with van der Waals surface area (Å²) in [6.45, 7) is 2.26. The van der Waals surface area contributed by atoms with Crippen LogP contribution in [-0.4, -0.2) is 18.5 Å². The fourth-order valence-electron chi connectivity index (χ4n) is 1.87. The molecule has 1 heterocycles. The molecule has 1 fully saturated rings. The fourth-order valence-corrected chi connectivity index (χ4v) is 1.87. The number of amides is 1. The number of nitrogens with one attached hydrogen (secondary N) is 2. The van der Waals surface area contributed by atoms with E-state index in [4.69, 9.17) is 0 Å². The zero-order chi connectivity index (χ0) is 12.4. The van der Waals surface area contributed by atoms with E-state index in [0.29, 0.717) is 0 Å². The minimum absolute atomic E-state index is 0.105. The van der Waals surface area contributed by atoms with Gasteiger partial charge in [-0.25, -0.2) is 8.78 Å². The van der Waals surface area contributed by atoms with Crippen molar-refractivity contribution in [2.45, 2.75) is 25.8 Å². The predicted molar refractivity (Wildman–Crippen MR) is 60.7 cm³/mol. The van der Waals surface area contributed by atoms with Gasteiger partial charge in [-0.2, -0.15) is 0 Å². The number of anilines is 1. The maximum Gasteiger partial charge on any atom is 0.241 e. The van der Waals surface area contributed by atoms with Crippen molar-refractivity contribution < 1.29 is 13.6 Å². The Morgan fingerprint density at radius 3 is 2.82 bits per heavy atom. The molecule has 1 aliphatic heterocycles. The Balaban J connectivity index is 2.12. The summed E-state index contributed by atoms with van der Waals surface area (Å²) in [7, 11) is 0. The first-order chi connectivity index (χ1) is 8.08. The number of hydrogen-bond acceptors (Lipinski definition) is 2. The van der Waals surface area contributed by atoms with Crippen molar-refractivity contribution in [1.29, 1.82) is 0 Å². The molecule has 0 radical (unpaired) electrons. The van der Waals surface area contributed by atoms with Crippen molar-refractivity contribution in [3.63, 3.8) is 0 Å². The molecular formula is C12H14F2N2O. The van der Waals surface area contributed by atoms with Crippen LogP contribution in [0.1, 0.15) is 18.4 Å². The Bertz CT molecular complexity index is 442. The van der Waals surface area contributed by atoms with Crippen LogP contribution < -0.4 is 10.6 Å². The van der Waals surface area contributed by atoms with Gasteiger partial charge in [0.25, 0.3) is 0 Å². The lowest BCUT2D eigenvalue weighted by Gasteiger charge is -2.12. The van der Waals surface area contributed by atoms with Gasteiger partial charge in [0.1, 0.15) is 11.6 Å². The lowest BCUT2D eigenvalue weighted by molar-refractivity contribution is -0.117. The van der Waals surface area contributed by atoms with E-state index in [-0.39, 0.29) is 23.2 Å². The van der Waals surface area contributed by atoms with E-state index in [9.17, 15) is 13.6 Å². The van der Waals surface area contributed by atoms with Crippen molar-refractivity contribution in [3.8, 4) is 0 Å². The molecule has 0 saturated carbocycles. The highest BCUT2D eigenvalue weighted by atomic mass is 19.1. The summed E-state index contributed by atoms with van der Waals surface area (Å²) in [6.07, 6.45) is 1.64. The van der Waals surface area contributed by atoms with Crippen LogP contribution in [0.2, 0.25) is 0 Å². The molecule has 1 aromatic carbocycles. The number of rotatable bonds is 2. The molecule has 1 unspecified atom stereocenters. The molecule has 0 spiro atoms. The molecule has 17 heavy (non-hydrogen) atoms. The Kier molecular flexibility index (Phi) is 3.38. The Morgan fingerprint density at radius 2 is 2.18 bits per heavy atom. The highest BCUT2D eigenvalue weighted by molar-refractivity contribution is 5.95. The fraction of sp³-hybridized carbons (Fsp3) is 0.417. The third-order valence-electron chi connectivity index (χ3n) is 2.88. The number of carbonyl (C=O) groups excluding carboxylic acids is 1. The van der Waals surface area contributed by atoms with Crippen LogP contribution in [0.4, 0.5) is 14.5 Å². The van der Waals surface area contributed by atoms with Gasteiger partial charge in [-0.3, -0.25) is 4.79 Å². The Morgan fingerprint density at radius 1 is 1.41 bits per heavy atom. The first-order valence-corrected chi connectivity index (χ1v) is 5.58. The van der Waals surface area contributed by atoms with E-state index in [1.165, 1.54) is 6.92 Å². The average Bonchev–Trinajstić information content (AvgIpc) is 2.79. The van der Waals surface area contributed by atoms with Crippen molar-refractivity contribution in [3.05, 3.63) is 29.3 Å². The van der Waals surface area contributed by atoms with Gasteiger partial charge in [0.2, 0.25) is 5.91 Å². The van der Waals surface area contributed by atoms with Crippen molar-refractivity contribution in [2.24, 2.45) is 0 Å². The molecule has 2 rings (SSSR count). The standard InChI is InChI=1S/C12H14F2N2O/c1-7-5-9(14)11(6-8(7)13)16-12(17)10-3-2-4-15-10/h5-6,10,15H,2-4H2,1H3,(H,16,17). The number of aryl methyl sites for hydroxylation is 1. The number of benzene rings is 1. The van der Waals surface area contributed by atoms with Crippen LogP contribution in [0.3, 0.4) is 0 Å². The van der Waals surface area contributed by atoms with Crippen molar-refractivity contribution in [2.75, 3.05) is 11.9 Å². The van der Waals surface area contributed by atoms with Gasteiger partial charge in [-0.15, -0.1) is 0 Å². The molecule has 2 N–H and O–H groups in total. The van der Waals surface area contributed by atoms with E-state index in [1.807, 2.05) is 0 Å². The third kappa shape index (κ3) is 2.61. The number of halogens is 2. The summed E-state index contributed by atoms with van der Waals surface area (Å²) < 4.78 is 26.7. The van der Waals surface area contributed by atoms with Crippen molar-refractivity contribution >= 4 is 11.6 Å². The van der Waals surface area contributed by atoms with E-state index < -0.39 is 11.6 Å². The van der Waals surface area contributed by atoms with Crippen LogP contribution in [0.5, 0.6) is 0 Å². The molecule has 92 valence electrons. The SMILES string of the molecule is Cc1cc(F)c(NC(=O)C2CCCN2)cc1F. The van der Waals surface area contributed by atoms with Gasteiger partial charge >= 0.3 is 0 Å². The summed E-state index contributed by atoms with van der Waals surface area (Å²) in [5, 5.41) is 5.40. The van der Waals surface area contributed by atoms with Gasteiger partial charge in [0.05, 0.1) is 11.7 Å². The highest BCUT2D eigenvalue weighted by Gasteiger charge is 2.23. The Hall–Kier alpha value is -1.49. The van der Waals surface area contributed by atoms with Gasteiger partial charge in [-0.05, 0) is 37.9 Å². The molecule has 1 atom stereocenters. The predicted octanol–water partition coefficient (Wildman–Crippen LogP) is 1.96. The van der Waals surface area contributed by atoms with Crippen molar-refractivity contribution in [1.82, 2.24) is 5.32 Å². The molecule has 0 aliphatic carbocycles. The number of hydrogen-bond donors (Lipinski definition) is 2. The average molecular weight is 240 g/mol. The molecule has 3 nitrogen and oxygen atoms in total. The largest absolute Gasteiger partial charge is 0.322 e. The maximum absolute atomic E-state index is 13.5. The van der Waals surface area contributed by atoms with E-state index >= 15 is 0 Å². The smallest absolute Gasteiger partial charge is 0.241 e. The van der Waals surface area contributed by atoms with Gasteiger partial charge in [0, 0.05) is 6.07 Å². The molecule has 5 heteroatoms. The van der Waals surface area contributed by atoms with E-state index in [0.717, 1.165) is 31.5 Å². The van der Waals surface area contributed by atoms with E-state index in [1.54, 1.807) is 0 Å². The summed E-state index contributed by atoms with van der Waals surface area (Å²) in [5.41, 5.74) is 0.117. The van der Waals surface area contributed by atoms with Crippen LogP contribution in [0, 0.1) is 18.6 Å². The quantitative estimate of drug-likeness (QED) is 0.829. The first-order valence-electron chi connectivity index (χ1n) is 5.58. The highest BCUT2D eigenvalue weighted by Crippen LogP contribution is 2.19. The maximum atomic E-state index is 13.5. The number of carbonyl (C=O) groups is 1. The Labute approximate surface area is 98.2 Å². The normalized spacial score (nSPS) is 19.4. The zero-order valence-electron chi connectivity index (χ0n) is 9.52. The monoisotopic (exact) mass is 240 g/mol. The third-order valence-corrected chi connectivity index (χ3v) is 2.88. The molecule has 1 amide bonds. The van der Waals surface area contributed by atoms with Gasteiger partial charge in [-0.1, -0.05) is 0 Å². The molecule has 0 bridgehead atoms. The minimum Gasteiger partial charge on any atom is -0.322 e. The molecule has 1 aromatic rings. The lowest BCUT2D eigenvalue weighted by Crippen LogP contribution is -2.35. The molecule has 1 saturated heterocycles. The molecule has 1 aliphatic rings. The summed E-state index contributed by atoms with van der Waals surface area (Å²) in [6, 6.07) is 1.78. The van der Waals surface area contributed by atoms with Crippen LogP contribution in [-0.2, 0) is 4.79 Å². The minimum atomic E-state index is -0.616. The second-order valence-electron chi connectivity index (χ2n) is 4.22. The zero-order valence-corrected chi connectivity index (χ0v) is 9.52. The summed E-state index contributed by atoms with van der Waals surface area (Å²) >= 11 is 0. The second-order valence-corrected chi connectivity index (χ2v) is 4.22. The second kappa shape index (κ2) is 4.79. The van der Waals surface area contributed by atoms with Gasteiger partial charge < -0.3 is 10.6 Å². The van der Waals surface area contributed by atoms with Crippen LogP contribution >= 0.6 is 0 Å². The van der Waals surface area contributed by atoms with E-state index in [2.05, 4.69) is 10.6 Å². The summed E-state index contributed by atoms with van der Waals surface area (Å²) in [4.78, 5) is 11.7. The first kappa shape index (κ1) is 12.0. The molecule has 0 aromatic heterocycles. The molecular weight excluding hydrogens is 226 g/mol. The van der Waals surface area contributed by atoms with Crippen LogP contribution in [0.15, 0.2) is 12.1 Å². The summed E-state index contributed by atoms with van der Waals surface area (Å²) in [5.74, 6) is -1.46. The lowest BCUT2D eigenvalue weighted by atomic mass is 10.2. The van der Waals surface area contributed by atoms with Gasteiger partial charge in [0.15, 0.2) is 0 Å².